The fourth-order valence-corrected chi connectivity index (χ4v) is 2.78. The molecule has 0 bridgehead atoms. The number of nitrogens with zero attached hydrogens (tertiary/aromatic N) is 3. The fourth-order valence-electron chi connectivity index (χ4n) is 1.82. The molecule has 1 amide bonds. The lowest BCUT2D eigenvalue weighted by molar-refractivity contribution is -0.118. The van der Waals surface area contributed by atoms with Crippen molar-refractivity contribution in [3.63, 3.8) is 0 Å². The van der Waals surface area contributed by atoms with Crippen molar-refractivity contribution >= 4 is 29.3 Å². The second-order valence-corrected chi connectivity index (χ2v) is 6.68. The quantitative estimate of drug-likeness (QED) is 0.822. The summed E-state index contributed by atoms with van der Waals surface area (Å²) in [5.41, 5.74) is 0.829. The van der Waals surface area contributed by atoms with Gasteiger partial charge in [-0.15, -0.1) is 10.2 Å². The Balaban J connectivity index is 2.03. The van der Waals surface area contributed by atoms with Gasteiger partial charge in [-0.25, -0.2) is 0 Å². The summed E-state index contributed by atoms with van der Waals surface area (Å²) in [6.45, 7) is 4.81. The predicted octanol–water partition coefficient (Wildman–Crippen LogP) is 3.00. The van der Waals surface area contributed by atoms with Gasteiger partial charge in [0.25, 0.3) is 0 Å². The molecule has 0 atom stereocenters. The van der Waals surface area contributed by atoms with E-state index in [1.807, 2.05) is 35.9 Å². The van der Waals surface area contributed by atoms with Crippen LogP contribution in [0.4, 0.5) is 0 Å². The van der Waals surface area contributed by atoms with Gasteiger partial charge in [-0.3, -0.25) is 4.79 Å². The van der Waals surface area contributed by atoms with E-state index >= 15 is 0 Å². The number of carbonyl (C=O) groups excluding carboxylic acids is 1. The molecule has 1 aromatic carbocycles. The van der Waals surface area contributed by atoms with Crippen LogP contribution in [0.1, 0.15) is 13.8 Å². The molecule has 0 unspecified atom stereocenters. The highest BCUT2D eigenvalue weighted by atomic mass is 35.5. The first-order chi connectivity index (χ1) is 10.5. The van der Waals surface area contributed by atoms with Crippen molar-refractivity contribution in [2.45, 2.75) is 19.0 Å². The standard InChI is InChI=1S/C15H19ClN4OS/c1-10(2)8-17-13(21)9-22-15-19-18-14(20(15)3)11-6-4-5-7-12(11)16/h4-7,10H,8-9H2,1-3H3,(H,17,21). The van der Waals surface area contributed by atoms with Crippen LogP contribution in [0.25, 0.3) is 11.4 Å². The van der Waals surface area contributed by atoms with Gasteiger partial charge in [0.2, 0.25) is 5.91 Å². The fraction of sp³-hybridized carbons (Fsp3) is 0.400. The van der Waals surface area contributed by atoms with E-state index in [1.54, 1.807) is 0 Å². The molecule has 5 nitrogen and oxygen atoms in total. The summed E-state index contributed by atoms with van der Waals surface area (Å²) in [7, 11) is 1.87. The third-order valence-corrected chi connectivity index (χ3v) is 4.34. The Bertz CT molecular complexity index is 657. The zero-order chi connectivity index (χ0) is 16.1. The maximum absolute atomic E-state index is 11.8. The average Bonchev–Trinajstić information content (AvgIpc) is 2.84. The lowest BCUT2D eigenvalue weighted by atomic mass is 10.2. The summed E-state index contributed by atoms with van der Waals surface area (Å²) in [5.74, 6) is 1.45. The summed E-state index contributed by atoms with van der Waals surface area (Å²) < 4.78 is 1.85. The van der Waals surface area contributed by atoms with Gasteiger partial charge in [0.15, 0.2) is 11.0 Å². The molecule has 0 saturated carbocycles. The number of hydrogen-bond acceptors (Lipinski definition) is 4. The average molecular weight is 339 g/mol. The Morgan fingerprint density at radius 2 is 2.09 bits per heavy atom. The summed E-state index contributed by atoms with van der Waals surface area (Å²) in [6, 6.07) is 7.49. The maximum atomic E-state index is 11.8. The predicted molar refractivity (Wildman–Crippen MR) is 90.0 cm³/mol. The van der Waals surface area contributed by atoms with Gasteiger partial charge in [0.1, 0.15) is 0 Å². The highest BCUT2D eigenvalue weighted by Gasteiger charge is 2.14. The number of hydrogen-bond donors (Lipinski definition) is 1. The van der Waals surface area contributed by atoms with Gasteiger partial charge in [-0.2, -0.15) is 0 Å². The van der Waals surface area contributed by atoms with Gasteiger partial charge in [0, 0.05) is 19.2 Å². The summed E-state index contributed by atoms with van der Waals surface area (Å²) >= 11 is 7.55. The molecular formula is C15H19ClN4OS. The van der Waals surface area contributed by atoms with Crippen molar-refractivity contribution in [1.82, 2.24) is 20.1 Å². The number of carbonyl (C=O) groups is 1. The van der Waals surface area contributed by atoms with Crippen molar-refractivity contribution in [1.29, 1.82) is 0 Å². The topological polar surface area (TPSA) is 59.8 Å². The number of benzene rings is 1. The van der Waals surface area contributed by atoms with E-state index in [2.05, 4.69) is 29.4 Å². The minimum atomic E-state index is 0.000920. The molecule has 2 rings (SSSR count). The van der Waals surface area contributed by atoms with E-state index in [0.717, 1.165) is 5.56 Å². The Morgan fingerprint density at radius 1 is 1.36 bits per heavy atom. The first-order valence-electron chi connectivity index (χ1n) is 7.02. The van der Waals surface area contributed by atoms with Gasteiger partial charge < -0.3 is 9.88 Å². The van der Waals surface area contributed by atoms with E-state index in [1.165, 1.54) is 11.8 Å². The number of rotatable bonds is 6. The van der Waals surface area contributed by atoms with Crippen molar-refractivity contribution in [3.8, 4) is 11.4 Å². The van der Waals surface area contributed by atoms with Crippen LogP contribution >= 0.6 is 23.4 Å². The van der Waals surface area contributed by atoms with E-state index in [9.17, 15) is 4.79 Å². The minimum Gasteiger partial charge on any atom is -0.355 e. The van der Waals surface area contributed by atoms with Crippen molar-refractivity contribution in [2.75, 3.05) is 12.3 Å². The van der Waals surface area contributed by atoms with Crippen LogP contribution in [0.3, 0.4) is 0 Å². The molecule has 0 aliphatic carbocycles. The normalized spacial score (nSPS) is 11.0. The van der Waals surface area contributed by atoms with Crippen LogP contribution in [0.5, 0.6) is 0 Å². The van der Waals surface area contributed by atoms with Crippen LogP contribution in [0.2, 0.25) is 5.02 Å². The van der Waals surface area contributed by atoms with Crippen LogP contribution in [-0.4, -0.2) is 33.0 Å². The Labute approximate surface area is 139 Å². The molecule has 0 fully saturated rings. The molecule has 0 aliphatic rings. The highest BCUT2D eigenvalue weighted by molar-refractivity contribution is 7.99. The van der Waals surface area contributed by atoms with Gasteiger partial charge >= 0.3 is 0 Å². The Morgan fingerprint density at radius 3 is 2.77 bits per heavy atom. The molecule has 1 heterocycles. The molecule has 2 aromatic rings. The van der Waals surface area contributed by atoms with Crippen molar-refractivity contribution < 1.29 is 4.79 Å². The molecule has 0 saturated heterocycles. The second kappa shape index (κ2) is 7.65. The largest absolute Gasteiger partial charge is 0.355 e. The molecule has 1 aromatic heterocycles. The monoisotopic (exact) mass is 338 g/mol. The van der Waals surface area contributed by atoms with E-state index in [0.29, 0.717) is 34.2 Å². The summed E-state index contributed by atoms with van der Waals surface area (Å²) in [5, 5.41) is 12.5. The number of thioether (sulfide) groups is 1. The van der Waals surface area contributed by atoms with Gasteiger partial charge in [-0.05, 0) is 18.1 Å². The second-order valence-electron chi connectivity index (χ2n) is 5.33. The Kier molecular flexibility index (Phi) is 5.85. The van der Waals surface area contributed by atoms with Crippen molar-refractivity contribution in [3.05, 3.63) is 29.3 Å². The van der Waals surface area contributed by atoms with Crippen LogP contribution in [0, 0.1) is 5.92 Å². The van der Waals surface area contributed by atoms with Crippen LogP contribution in [-0.2, 0) is 11.8 Å². The molecule has 1 N–H and O–H groups in total. The van der Waals surface area contributed by atoms with Gasteiger partial charge in [-0.1, -0.05) is 49.3 Å². The third kappa shape index (κ3) is 4.24. The number of amides is 1. The van der Waals surface area contributed by atoms with Gasteiger partial charge in [0.05, 0.1) is 10.8 Å². The summed E-state index contributed by atoms with van der Waals surface area (Å²) in [4.78, 5) is 11.8. The molecule has 118 valence electrons. The highest BCUT2D eigenvalue weighted by Crippen LogP contribution is 2.28. The molecule has 7 heteroatoms. The number of aromatic nitrogens is 3. The maximum Gasteiger partial charge on any atom is 0.230 e. The van der Waals surface area contributed by atoms with Crippen LogP contribution in [0.15, 0.2) is 29.4 Å². The zero-order valence-corrected chi connectivity index (χ0v) is 14.4. The molecular weight excluding hydrogens is 320 g/mol. The molecule has 0 aliphatic heterocycles. The van der Waals surface area contributed by atoms with E-state index in [-0.39, 0.29) is 5.91 Å². The molecule has 0 radical (unpaired) electrons. The van der Waals surface area contributed by atoms with E-state index in [4.69, 9.17) is 11.6 Å². The van der Waals surface area contributed by atoms with E-state index < -0.39 is 0 Å². The lowest BCUT2D eigenvalue weighted by Gasteiger charge is -2.07. The zero-order valence-electron chi connectivity index (χ0n) is 12.8. The SMILES string of the molecule is CC(C)CNC(=O)CSc1nnc(-c2ccccc2Cl)n1C. The van der Waals surface area contributed by atoms with Crippen LogP contribution < -0.4 is 5.32 Å². The smallest absolute Gasteiger partial charge is 0.230 e. The summed E-state index contributed by atoms with van der Waals surface area (Å²) in [6.07, 6.45) is 0. The minimum absolute atomic E-state index is 0.000920. The lowest BCUT2D eigenvalue weighted by Crippen LogP contribution is -2.28. The molecule has 0 spiro atoms. The molecule has 22 heavy (non-hydrogen) atoms. The number of halogens is 1. The number of nitrogens with one attached hydrogen (secondary N) is 1. The first-order valence-corrected chi connectivity index (χ1v) is 8.39. The third-order valence-electron chi connectivity index (χ3n) is 2.99. The Hall–Kier alpha value is -1.53. The van der Waals surface area contributed by atoms with Crippen molar-refractivity contribution in [2.24, 2.45) is 13.0 Å². The first kappa shape index (κ1) is 16.8.